The van der Waals surface area contributed by atoms with Crippen LogP contribution in [0.25, 0.3) is 36.0 Å². The van der Waals surface area contributed by atoms with Crippen LogP contribution < -0.4 is 25.6 Å². The molecule has 0 bridgehead atoms. The van der Waals surface area contributed by atoms with E-state index in [4.69, 9.17) is 4.74 Å². The zero-order valence-electron chi connectivity index (χ0n) is 17.7. The lowest BCUT2D eigenvalue weighted by Crippen LogP contribution is -2.37. The number of benzene rings is 2. The van der Waals surface area contributed by atoms with E-state index in [0.717, 1.165) is 12.2 Å². The van der Waals surface area contributed by atoms with Gasteiger partial charge in [-0.3, -0.25) is 0 Å². The van der Waals surface area contributed by atoms with Crippen LogP contribution in [-0.2, 0) is 0 Å². The molecular formula is C29H22O+. The lowest BCUT2D eigenvalue weighted by molar-refractivity contribution is 0.258. The fraction of sp³-hybridized carbons (Fsp3) is 0.172. The fourth-order valence-electron chi connectivity index (χ4n) is 5.60. The highest BCUT2D eigenvalue weighted by molar-refractivity contribution is 5.82. The predicted molar refractivity (Wildman–Crippen MR) is 125 cm³/mol. The zero-order chi connectivity index (χ0) is 19.7. The first-order valence-corrected chi connectivity index (χ1v) is 10.9. The zero-order valence-corrected chi connectivity index (χ0v) is 16.7. The van der Waals surface area contributed by atoms with Crippen LogP contribution in [0.3, 0.4) is 0 Å². The van der Waals surface area contributed by atoms with Crippen molar-refractivity contribution in [2.45, 2.75) is 31.3 Å². The summed E-state index contributed by atoms with van der Waals surface area (Å²) in [5, 5.41) is 5.13. The first-order chi connectivity index (χ1) is 14.9. The molecule has 0 aromatic heterocycles. The van der Waals surface area contributed by atoms with Gasteiger partial charge in [-0.15, -0.1) is 0 Å². The van der Waals surface area contributed by atoms with Gasteiger partial charge in [-0.2, -0.15) is 0 Å². The molecule has 5 aliphatic rings. The van der Waals surface area contributed by atoms with Crippen LogP contribution in [0.5, 0.6) is 5.75 Å². The van der Waals surface area contributed by atoms with Crippen molar-refractivity contribution in [3.63, 3.8) is 0 Å². The summed E-state index contributed by atoms with van der Waals surface area (Å²) in [6, 6.07) is 8.90. The molecule has 0 saturated carbocycles. The number of hydrogen-bond donors (Lipinski definition) is 0. The Morgan fingerprint density at radius 3 is 3.03 bits per heavy atom. The van der Waals surface area contributed by atoms with E-state index in [2.05, 4.69) is 78.9 Å². The Morgan fingerprint density at radius 2 is 2.03 bits per heavy atom. The van der Waals surface area contributed by atoms with Crippen molar-refractivity contribution in [1.29, 1.82) is 0 Å². The fourth-order valence-corrected chi connectivity index (χ4v) is 5.60. The molecule has 143 valence electrons. The van der Waals surface area contributed by atoms with Crippen LogP contribution in [0.2, 0.25) is 0 Å². The highest BCUT2D eigenvalue weighted by Gasteiger charge is 2.28. The maximum absolute atomic E-state index is 6.44. The van der Waals surface area contributed by atoms with Crippen LogP contribution in [0, 0.1) is 0 Å². The van der Waals surface area contributed by atoms with E-state index >= 15 is 0 Å². The second kappa shape index (κ2) is 6.09. The normalized spacial score (nSPS) is 23.7. The summed E-state index contributed by atoms with van der Waals surface area (Å²) in [6.07, 6.45) is 27.1. The Morgan fingerprint density at radius 1 is 1.03 bits per heavy atom. The third kappa shape index (κ3) is 2.24. The molecule has 2 atom stereocenters. The monoisotopic (exact) mass is 386 g/mol. The van der Waals surface area contributed by atoms with Crippen LogP contribution >= 0.6 is 0 Å². The third-order valence-corrected chi connectivity index (χ3v) is 7.06. The predicted octanol–water partition coefficient (Wildman–Crippen LogP) is 3.45. The molecule has 1 aliphatic heterocycles. The van der Waals surface area contributed by atoms with Crippen LogP contribution in [0.4, 0.5) is 0 Å². The third-order valence-electron chi connectivity index (χ3n) is 7.06. The minimum absolute atomic E-state index is 0. The van der Waals surface area contributed by atoms with Gasteiger partial charge >= 0.3 is 1.43 Å². The van der Waals surface area contributed by atoms with Gasteiger partial charge in [0.05, 0.1) is 0 Å². The molecule has 0 saturated heterocycles. The van der Waals surface area contributed by atoms with E-state index in [1.807, 2.05) is 6.08 Å². The Kier molecular flexibility index (Phi) is 3.34. The molecule has 2 aromatic rings. The van der Waals surface area contributed by atoms with Gasteiger partial charge in [-0.1, -0.05) is 72.4 Å². The Balaban J connectivity index is 0.00000185. The van der Waals surface area contributed by atoms with E-state index < -0.39 is 0 Å². The summed E-state index contributed by atoms with van der Waals surface area (Å²) in [7, 11) is 0. The van der Waals surface area contributed by atoms with E-state index in [-0.39, 0.29) is 13.4 Å². The van der Waals surface area contributed by atoms with E-state index in [1.54, 1.807) is 5.57 Å². The second-order valence-electron chi connectivity index (χ2n) is 8.64. The summed E-state index contributed by atoms with van der Waals surface area (Å²) in [4.78, 5) is 0. The van der Waals surface area contributed by atoms with E-state index in [9.17, 15) is 0 Å². The molecule has 2 unspecified atom stereocenters. The molecule has 2 aromatic carbocycles. The summed E-state index contributed by atoms with van der Waals surface area (Å²) in [5.74, 6) is 1.20. The molecule has 0 N–H and O–H groups in total. The standard InChI is InChI=1S/C29H21O/c1-2-7-20-18(5-1)11-13-24-22-9-4-10-26(25(22)15-14-23(20)24)29-17-27-21-8-3-6-19(21)12-16-28(27)30-29/h2-4,6-7,9-10,12-17,26,29H,1,5,11H2/p+1. The van der Waals surface area contributed by atoms with Crippen molar-refractivity contribution < 1.29 is 6.16 Å². The SMILES string of the molecule is [C]1=c2c(ccc3c2=CC(C2C=CC=c4c2ccc2c4=CCC4=C2C=CCC4)O3)C=C1.[H+]. The summed E-state index contributed by atoms with van der Waals surface area (Å²) < 4.78 is 6.44. The topological polar surface area (TPSA) is 9.23 Å². The molecule has 1 radical (unpaired) electrons. The number of allylic oxidation sites excluding steroid dienone is 6. The Bertz CT molecular complexity index is 1500. The molecule has 0 spiro atoms. The van der Waals surface area contributed by atoms with Gasteiger partial charge in [0.25, 0.3) is 0 Å². The highest BCUT2D eigenvalue weighted by atomic mass is 16.5. The summed E-state index contributed by atoms with van der Waals surface area (Å²) in [5.41, 5.74) is 7.03. The molecular weight excluding hydrogens is 364 g/mol. The number of fused-ring (bicyclic) bond motifs is 7. The average Bonchev–Trinajstić information content (AvgIpc) is 3.44. The first-order valence-electron chi connectivity index (χ1n) is 10.9. The minimum Gasteiger partial charge on any atom is -0.485 e. The molecule has 0 amide bonds. The molecule has 1 nitrogen and oxygen atoms in total. The smallest absolute Gasteiger partial charge is 0.485 e. The minimum atomic E-state index is 0. The van der Waals surface area contributed by atoms with Gasteiger partial charge in [-0.05, 0) is 70.2 Å². The maximum atomic E-state index is 6.44. The molecule has 1 heterocycles. The van der Waals surface area contributed by atoms with Crippen LogP contribution in [0.1, 0.15) is 43.3 Å². The van der Waals surface area contributed by atoms with Crippen molar-refractivity contribution in [1.82, 2.24) is 0 Å². The van der Waals surface area contributed by atoms with Crippen molar-refractivity contribution in [3.8, 4) is 5.75 Å². The maximum Gasteiger partial charge on any atom is 1.00 e. The first kappa shape index (κ1) is 16.5. The van der Waals surface area contributed by atoms with Crippen LogP contribution in [0.15, 0.2) is 60.2 Å². The lowest BCUT2D eigenvalue weighted by Gasteiger charge is -2.26. The van der Waals surface area contributed by atoms with Crippen molar-refractivity contribution in [2.24, 2.45) is 0 Å². The number of rotatable bonds is 1. The largest absolute Gasteiger partial charge is 1.00 e. The van der Waals surface area contributed by atoms with Gasteiger partial charge in [0.2, 0.25) is 0 Å². The summed E-state index contributed by atoms with van der Waals surface area (Å²) >= 11 is 0. The van der Waals surface area contributed by atoms with E-state index in [1.165, 1.54) is 56.0 Å². The molecule has 30 heavy (non-hydrogen) atoms. The summed E-state index contributed by atoms with van der Waals surface area (Å²) in [6.45, 7) is 0. The molecule has 1 heteroatoms. The lowest BCUT2D eigenvalue weighted by atomic mass is 9.81. The van der Waals surface area contributed by atoms with Crippen molar-refractivity contribution in [2.75, 3.05) is 0 Å². The number of ether oxygens (including phenoxy) is 1. The van der Waals surface area contributed by atoms with Crippen LogP contribution in [-0.4, -0.2) is 6.10 Å². The molecule has 7 rings (SSSR count). The Labute approximate surface area is 177 Å². The highest BCUT2D eigenvalue weighted by Crippen LogP contribution is 2.32. The van der Waals surface area contributed by atoms with Gasteiger partial charge in [-0.25, -0.2) is 0 Å². The quantitative estimate of drug-likeness (QED) is 0.730. The number of hydrogen-bond acceptors (Lipinski definition) is 1. The van der Waals surface area contributed by atoms with Crippen molar-refractivity contribution in [3.05, 3.63) is 97.8 Å². The van der Waals surface area contributed by atoms with Gasteiger partial charge in [0, 0.05) is 16.4 Å². The van der Waals surface area contributed by atoms with E-state index in [0.29, 0.717) is 0 Å². The van der Waals surface area contributed by atoms with Gasteiger partial charge in [0.15, 0.2) is 0 Å². The Hall–Kier alpha value is -3.32. The van der Waals surface area contributed by atoms with Crippen molar-refractivity contribution >= 4 is 36.0 Å². The molecule has 0 fully saturated rings. The molecule has 4 aliphatic carbocycles. The van der Waals surface area contributed by atoms with Gasteiger partial charge in [0.1, 0.15) is 11.9 Å². The average molecular weight is 386 g/mol. The second-order valence-corrected chi connectivity index (χ2v) is 8.64. The van der Waals surface area contributed by atoms with Gasteiger partial charge < -0.3 is 4.74 Å².